The highest BCUT2D eigenvalue weighted by atomic mass is 15.2. The van der Waals surface area contributed by atoms with Crippen LogP contribution in [0.5, 0.6) is 0 Å². The SMILES string of the molecule is CCCCCCCCCCCCN1CCCCCC1CN. The third kappa shape index (κ3) is 9.52. The first kappa shape index (κ1) is 19.0. The third-order valence-corrected chi connectivity index (χ3v) is 5.07. The molecule has 1 aliphatic rings. The number of hydrogen-bond acceptors (Lipinski definition) is 2. The van der Waals surface area contributed by atoms with Gasteiger partial charge >= 0.3 is 0 Å². The molecule has 2 N–H and O–H groups in total. The molecule has 1 atom stereocenters. The molecular formula is C19H40N2. The highest BCUT2D eigenvalue weighted by molar-refractivity contribution is 4.75. The highest BCUT2D eigenvalue weighted by Crippen LogP contribution is 2.17. The molecule has 0 aliphatic carbocycles. The number of likely N-dealkylation sites (tertiary alicyclic amines) is 1. The van der Waals surface area contributed by atoms with E-state index in [1.165, 1.54) is 103 Å². The highest BCUT2D eigenvalue weighted by Gasteiger charge is 2.18. The van der Waals surface area contributed by atoms with E-state index in [0.29, 0.717) is 6.04 Å². The molecule has 126 valence electrons. The molecule has 0 radical (unpaired) electrons. The molecule has 21 heavy (non-hydrogen) atoms. The average Bonchev–Trinajstić information content (AvgIpc) is 2.74. The fraction of sp³-hybridized carbons (Fsp3) is 1.00. The quantitative estimate of drug-likeness (QED) is 0.507. The van der Waals surface area contributed by atoms with Gasteiger partial charge in [0.25, 0.3) is 0 Å². The number of nitrogens with zero attached hydrogens (tertiary/aromatic N) is 1. The van der Waals surface area contributed by atoms with Crippen LogP contribution in [0.3, 0.4) is 0 Å². The predicted octanol–water partition coefficient (Wildman–Crippen LogP) is 5.11. The smallest absolute Gasteiger partial charge is 0.0218 e. The Bertz CT molecular complexity index is 218. The van der Waals surface area contributed by atoms with E-state index in [1.807, 2.05) is 0 Å². The first-order valence-corrected chi connectivity index (χ1v) is 9.82. The summed E-state index contributed by atoms with van der Waals surface area (Å²) in [5.74, 6) is 0. The minimum Gasteiger partial charge on any atom is -0.329 e. The van der Waals surface area contributed by atoms with Crippen LogP contribution < -0.4 is 5.73 Å². The summed E-state index contributed by atoms with van der Waals surface area (Å²) in [7, 11) is 0. The van der Waals surface area contributed by atoms with E-state index < -0.39 is 0 Å². The van der Waals surface area contributed by atoms with Crippen LogP contribution in [-0.2, 0) is 0 Å². The van der Waals surface area contributed by atoms with E-state index in [4.69, 9.17) is 5.73 Å². The van der Waals surface area contributed by atoms with Gasteiger partial charge in [-0.2, -0.15) is 0 Å². The van der Waals surface area contributed by atoms with Gasteiger partial charge in [0.15, 0.2) is 0 Å². The molecule has 0 bridgehead atoms. The summed E-state index contributed by atoms with van der Waals surface area (Å²) < 4.78 is 0. The normalized spacial score (nSPS) is 20.6. The van der Waals surface area contributed by atoms with Crippen molar-refractivity contribution in [3.63, 3.8) is 0 Å². The standard InChI is InChI=1S/C19H40N2/c1-2-3-4-5-6-7-8-9-10-13-16-21-17-14-11-12-15-19(21)18-20/h19H,2-18,20H2,1H3. The van der Waals surface area contributed by atoms with Crippen molar-refractivity contribution in [3.05, 3.63) is 0 Å². The lowest BCUT2D eigenvalue weighted by atomic mass is 10.1. The van der Waals surface area contributed by atoms with Crippen LogP contribution in [0.15, 0.2) is 0 Å². The Morgan fingerprint density at radius 3 is 2.05 bits per heavy atom. The van der Waals surface area contributed by atoms with Crippen LogP contribution in [0.1, 0.15) is 96.8 Å². The lowest BCUT2D eigenvalue weighted by Crippen LogP contribution is -2.40. The first-order valence-electron chi connectivity index (χ1n) is 9.82. The topological polar surface area (TPSA) is 29.3 Å². The minimum atomic E-state index is 0.672. The molecule has 0 amide bonds. The van der Waals surface area contributed by atoms with Crippen LogP contribution in [-0.4, -0.2) is 30.6 Å². The van der Waals surface area contributed by atoms with Gasteiger partial charge in [0.1, 0.15) is 0 Å². The zero-order chi connectivity index (χ0) is 15.2. The molecule has 1 unspecified atom stereocenters. The van der Waals surface area contributed by atoms with E-state index in [0.717, 1.165) is 6.54 Å². The Hall–Kier alpha value is -0.0800. The number of rotatable bonds is 12. The molecule has 0 aromatic carbocycles. The Morgan fingerprint density at radius 2 is 1.43 bits per heavy atom. The minimum absolute atomic E-state index is 0.672. The van der Waals surface area contributed by atoms with Crippen molar-refractivity contribution in [2.24, 2.45) is 5.73 Å². The third-order valence-electron chi connectivity index (χ3n) is 5.07. The monoisotopic (exact) mass is 296 g/mol. The van der Waals surface area contributed by atoms with Crippen LogP contribution in [0.2, 0.25) is 0 Å². The molecule has 1 rings (SSSR count). The first-order chi connectivity index (χ1) is 10.4. The van der Waals surface area contributed by atoms with Gasteiger partial charge in [-0.1, -0.05) is 77.6 Å². The van der Waals surface area contributed by atoms with Crippen molar-refractivity contribution < 1.29 is 0 Å². The Labute approximate surface area is 133 Å². The van der Waals surface area contributed by atoms with E-state index in [2.05, 4.69) is 11.8 Å². The number of unbranched alkanes of at least 4 members (excludes halogenated alkanes) is 9. The molecule has 2 heteroatoms. The van der Waals surface area contributed by atoms with Crippen molar-refractivity contribution in [1.29, 1.82) is 0 Å². The van der Waals surface area contributed by atoms with Crippen LogP contribution in [0, 0.1) is 0 Å². The van der Waals surface area contributed by atoms with Gasteiger partial charge in [-0.05, 0) is 32.4 Å². The Balaban J connectivity index is 1.93. The fourth-order valence-electron chi connectivity index (χ4n) is 3.60. The zero-order valence-electron chi connectivity index (χ0n) is 14.6. The molecule has 1 fully saturated rings. The summed E-state index contributed by atoms with van der Waals surface area (Å²) in [5.41, 5.74) is 5.94. The second-order valence-electron chi connectivity index (χ2n) is 6.96. The van der Waals surface area contributed by atoms with E-state index >= 15 is 0 Å². The average molecular weight is 297 g/mol. The summed E-state index contributed by atoms with van der Waals surface area (Å²) in [6, 6.07) is 0.672. The van der Waals surface area contributed by atoms with Crippen molar-refractivity contribution in [1.82, 2.24) is 4.90 Å². The van der Waals surface area contributed by atoms with Gasteiger partial charge in [0, 0.05) is 12.6 Å². The molecule has 0 aromatic heterocycles. The van der Waals surface area contributed by atoms with Gasteiger partial charge in [0.2, 0.25) is 0 Å². The van der Waals surface area contributed by atoms with Crippen LogP contribution in [0.4, 0.5) is 0 Å². The van der Waals surface area contributed by atoms with Gasteiger partial charge in [-0.3, -0.25) is 4.90 Å². The molecule has 0 spiro atoms. The van der Waals surface area contributed by atoms with Gasteiger partial charge in [0.05, 0.1) is 0 Å². The van der Waals surface area contributed by atoms with Crippen molar-refractivity contribution >= 4 is 0 Å². The second-order valence-corrected chi connectivity index (χ2v) is 6.96. The molecule has 0 aromatic rings. The second kappa shape index (κ2) is 13.6. The van der Waals surface area contributed by atoms with Crippen molar-refractivity contribution in [3.8, 4) is 0 Å². The predicted molar refractivity (Wildman–Crippen MR) is 94.7 cm³/mol. The number of hydrogen-bond donors (Lipinski definition) is 1. The van der Waals surface area contributed by atoms with E-state index in [9.17, 15) is 0 Å². The van der Waals surface area contributed by atoms with E-state index in [1.54, 1.807) is 0 Å². The summed E-state index contributed by atoms with van der Waals surface area (Å²) in [6.45, 7) is 5.73. The molecule has 1 heterocycles. The molecule has 1 saturated heterocycles. The lowest BCUT2D eigenvalue weighted by molar-refractivity contribution is 0.200. The van der Waals surface area contributed by atoms with Crippen molar-refractivity contribution in [2.75, 3.05) is 19.6 Å². The fourth-order valence-corrected chi connectivity index (χ4v) is 3.60. The van der Waals surface area contributed by atoms with Gasteiger partial charge in [-0.25, -0.2) is 0 Å². The molecule has 0 saturated carbocycles. The summed E-state index contributed by atoms with van der Waals surface area (Å²) in [4.78, 5) is 2.68. The molecule has 2 nitrogen and oxygen atoms in total. The Kier molecular flexibility index (Phi) is 12.3. The maximum Gasteiger partial charge on any atom is 0.0218 e. The van der Waals surface area contributed by atoms with Crippen molar-refractivity contribution in [2.45, 2.75) is 103 Å². The Morgan fingerprint density at radius 1 is 0.810 bits per heavy atom. The van der Waals surface area contributed by atoms with Gasteiger partial charge in [-0.15, -0.1) is 0 Å². The van der Waals surface area contributed by atoms with E-state index in [-0.39, 0.29) is 0 Å². The van der Waals surface area contributed by atoms with Crippen LogP contribution >= 0.6 is 0 Å². The number of nitrogens with two attached hydrogens (primary N) is 1. The summed E-state index contributed by atoms with van der Waals surface area (Å²) in [5, 5.41) is 0. The molecule has 1 aliphatic heterocycles. The summed E-state index contributed by atoms with van der Waals surface area (Å²) in [6.07, 6.45) is 19.8. The maximum absolute atomic E-state index is 5.94. The lowest BCUT2D eigenvalue weighted by Gasteiger charge is -2.28. The van der Waals surface area contributed by atoms with Crippen LogP contribution in [0.25, 0.3) is 0 Å². The van der Waals surface area contributed by atoms with Gasteiger partial charge < -0.3 is 5.73 Å². The zero-order valence-corrected chi connectivity index (χ0v) is 14.6. The molecular weight excluding hydrogens is 256 g/mol. The largest absolute Gasteiger partial charge is 0.329 e. The maximum atomic E-state index is 5.94. The summed E-state index contributed by atoms with van der Waals surface area (Å²) >= 11 is 0.